The molecule has 0 amide bonds. The Morgan fingerprint density at radius 2 is 2.00 bits per heavy atom. The van der Waals surface area contributed by atoms with Gasteiger partial charge < -0.3 is 25.2 Å². The van der Waals surface area contributed by atoms with Crippen LogP contribution in [-0.2, 0) is 4.74 Å². The molecular formula is C22H28N8O. The largest absolute Gasteiger partial charge is 0.374 e. The van der Waals surface area contributed by atoms with Gasteiger partial charge in [0, 0.05) is 70.0 Å². The number of nitrogens with one attached hydrogen (secondary N) is 2. The summed E-state index contributed by atoms with van der Waals surface area (Å²) in [4.78, 5) is 23.2. The Morgan fingerprint density at radius 3 is 2.77 bits per heavy atom. The Labute approximate surface area is 181 Å². The summed E-state index contributed by atoms with van der Waals surface area (Å²) in [6.07, 6.45) is 5.41. The molecule has 2 fully saturated rings. The monoisotopic (exact) mass is 420 g/mol. The molecule has 9 nitrogen and oxygen atoms in total. The number of fused-ring (bicyclic) bond motifs is 1. The van der Waals surface area contributed by atoms with Gasteiger partial charge in [0.05, 0.1) is 23.9 Å². The van der Waals surface area contributed by atoms with E-state index in [1.165, 1.54) is 0 Å². The van der Waals surface area contributed by atoms with Crippen molar-refractivity contribution in [2.45, 2.75) is 6.10 Å². The van der Waals surface area contributed by atoms with Crippen LogP contribution in [0.5, 0.6) is 0 Å². The number of piperazine rings is 1. The number of anilines is 2. The van der Waals surface area contributed by atoms with Gasteiger partial charge in [0.15, 0.2) is 5.82 Å². The fourth-order valence-electron chi connectivity index (χ4n) is 3.96. The van der Waals surface area contributed by atoms with E-state index in [4.69, 9.17) is 14.7 Å². The highest BCUT2D eigenvalue weighted by atomic mass is 16.5. The molecule has 1 atom stereocenters. The van der Waals surface area contributed by atoms with Crippen LogP contribution in [-0.4, -0.2) is 90.4 Å². The molecule has 0 spiro atoms. The first-order valence-corrected chi connectivity index (χ1v) is 10.8. The third-order valence-electron chi connectivity index (χ3n) is 5.83. The molecule has 2 aliphatic rings. The quantitative estimate of drug-likeness (QED) is 0.632. The maximum absolute atomic E-state index is 5.80. The number of morpholine rings is 1. The minimum atomic E-state index is 0.107. The molecule has 0 unspecified atom stereocenters. The molecule has 5 heterocycles. The number of ether oxygens (including phenoxy) is 1. The first-order valence-electron chi connectivity index (χ1n) is 10.8. The summed E-state index contributed by atoms with van der Waals surface area (Å²) in [7, 11) is 2.16. The van der Waals surface area contributed by atoms with Crippen molar-refractivity contribution in [3.05, 3.63) is 36.8 Å². The van der Waals surface area contributed by atoms with Crippen LogP contribution >= 0.6 is 0 Å². The number of aromatic nitrogens is 4. The van der Waals surface area contributed by atoms with Crippen molar-refractivity contribution in [3.63, 3.8) is 0 Å². The molecule has 0 saturated carbocycles. The molecule has 3 aromatic rings. The van der Waals surface area contributed by atoms with E-state index in [1.807, 2.05) is 12.3 Å². The van der Waals surface area contributed by atoms with Crippen molar-refractivity contribution in [2.75, 3.05) is 69.7 Å². The van der Waals surface area contributed by atoms with Crippen LogP contribution < -0.4 is 15.5 Å². The van der Waals surface area contributed by atoms with Gasteiger partial charge in [0.2, 0.25) is 0 Å². The van der Waals surface area contributed by atoms with Gasteiger partial charge in [0.25, 0.3) is 0 Å². The molecule has 0 aliphatic carbocycles. The van der Waals surface area contributed by atoms with Crippen LogP contribution in [0.3, 0.4) is 0 Å². The fourth-order valence-corrected chi connectivity index (χ4v) is 3.96. The first kappa shape index (κ1) is 20.0. The lowest BCUT2D eigenvalue weighted by Crippen LogP contribution is -2.44. The van der Waals surface area contributed by atoms with Gasteiger partial charge in [-0.25, -0.2) is 15.0 Å². The topological polar surface area (TPSA) is 91.3 Å². The minimum absolute atomic E-state index is 0.107. The summed E-state index contributed by atoms with van der Waals surface area (Å²) in [5, 5.41) is 6.77. The van der Waals surface area contributed by atoms with Crippen molar-refractivity contribution in [2.24, 2.45) is 0 Å². The number of nitrogens with zero attached hydrogens (tertiary/aromatic N) is 6. The van der Waals surface area contributed by atoms with E-state index in [2.05, 4.69) is 49.6 Å². The van der Waals surface area contributed by atoms with Crippen molar-refractivity contribution in [1.82, 2.24) is 30.2 Å². The van der Waals surface area contributed by atoms with Crippen LogP contribution in [0.25, 0.3) is 22.3 Å². The summed E-state index contributed by atoms with van der Waals surface area (Å²) in [5.41, 5.74) is 3.36. The van der Waals surface area contributed by atoms with Gasteiger partial charge in [-0.1, -0.05) is 0 Å². The Morgan fingerprint density at radius 1 is 1.13 bits per heavy atom. The van der Waals surface area contributed by atoms with Crippen LogP contribution in [0.15, 0.2) is 36.8 Å². The average Bonchev–Trinajstić information content (AvgIpc) is 2.83. The van der Waals surface area contributed by atoms with Gasteiger partial charge in [-0.3, -0.25) is 4.98 Å². The summed E-state index contributed by atoms with van der Waals surface area (Å²) in [6, 6.07) is 6.14. The highest BCUT2D eigenvalue weighted by Crippen LogP contribution is 2.26. The standard InChI is InChI=1S/C22H28N8O/c1-29-7-9-30(10-8-29)20-3-2-16(13-26-20)18-12-19-21(25-5-4-24-19)22(28-18)27-15-17-14-23-6-11-31-17/h2-5,12-13,17,23H,6-11,14-15H2,1H3,(H,27,28)/t17-/m0/s1. The van der Waals surface area contributed by atoms with Crippen molar-refractivity contribution >= 4 is 22.7 Å². The lowest BCUT2D eigenvalue weighted by atomic mass is 10.1. The van der Waals surface area contributed by atoms with E-state index < -0.39 is 0 Å². The lowest BCUT2D eigenvalue weighted by Gasteiger charge is -2.33. The van der Waals surface area contributed by atoms with E-state index in [1.54, 1.807) is 12.4 Å². The third-order valence-corrected chi connectivity index (χ3v) is 5.83. The maximum Gasteiger partial charge on any atom is 0.154 e. The molecule has 3 aromatic heterocycles. The number of likely N-dealkylation sites (N-methyl/N-ethyl adjacent to an activating group) is 1. The molecule has 0 radical (unpaired) electrons. The number of rotatable bonds is 5. The normalized spacial score (nSPS) is 20.2. The molecule has 2 N–H and O–H groups in total. The second-order valence-corrected chi connectivity index (χ2v) is 8.05. The second-order valence-electron chi connectivity index (χ2n) is 8.05. The van der Waals surface area contributed by atoms with Gasteiger partial charge in [0.1, 0.15) is 11.3 Å². The summed E-state index contributed by atoms with van der Waals surface area (Å²) in [5.74, 6) is 1.73. The molecule has 2 saturated heterocycles. The average molecular weight is 421 g/mol. The zero-order valence-electron chi connectivity index (χ0n) is 17.8. The van der Waals surface area contributed by atoms with E-state index in [0.717, 1.165) is 79.8 Å². The van der Waals surface area contributed by atoms with Crippen molar-refractivity contribution < 1.29 is 4.74 Å². The van der Waals surface area contributed by atoms with E-state index in [9.17, 15) is 0 Å². The fraction of sp³-hybridized carbons (Fsp3) is 0.455. The number of pyridine rings is 2. The molecule has 0 aromatic carbocycles. The van der Waals surface area contributed by atoms with Gasteiger partial charge >= 0.3 is 0 Å². The van der Waals surface area contributed by atoms with Crippen molar-refractivity contribution in [1.29, 1.82) is 0 Å². The first-order chi connectivity index (χ1) is 15.3. The van der Waals surface area contributed by atoms with Crippen LogP contribution in [0.4, 0.5) is 11.6 Å². The predicted molar refractivity (Wildman–Crippen MR) is 121 cm³/mol. The summed E-state index contributed by atoms with van der Waals surface area (Å²) in [6.45, 7) is 7.23. The second kappa shape index (κ2) is 9.09. The third kappa shape index (κ3) is 4.58. The zero-order chi connectivity index (χ0) is 21.0. The van der Waals surface area contributed by atoms with E-state index in [-0.39, 0.29) is 6.10 Å². The predicted octanol–water partition coefficient (Wildman–Crippen LogP) is 1.24. The molecule has 9 heteroatoms. The smallest absolute Gasteiger partial charge is 0.154 e. The molecule has 2 aliphatic heterocycles. The molecular weight excluding hydrogens is 392 g/mol. The van der Waals surface area contributed by atoms with Crippen molar-refractivity contribution in [3.8, 4) is 11.3 Å². The van der Waals surface area contributed by atoms with Crippen LogP contribution in [0.2, 0.25) is 0 Å². The highest BCUT2D eigenvalue weighted by Gasteiger charge is 2.17. The number of hydrogen-bond donors (Lipinski definition) is 2. The maximum atomic E-state index is 5.80. The summed E-state index contributed by atoms with van der Waals surface area (Å²) >= 11 is 0. The Kier molecular flexibility index (Phi) is 5.88. The highest BCUT2D eigenvalue weighted by molar-refractivity contribution is 5.88. The Hall–Kier alpha value is -2.88. The number of hydrogen-bond acceptors (Lipinski definition) is 9. The summed E-state index contributed by atoms with van der Waals surface area (Å²) < 4.78 is 5.80. The SMILES string of the molecule is CN1CCN(c2ccc(-c3cc4nccnc4c(NC[C@@H]4CNCCO4)n3)cn2)CC1. The minimum Gasteiger partial charge on any atom is -0.374 e. The molecule has 0 bridgehead atoms. The Bertz CT molecular complexity index is 1010. The van der Waals surface area contributed by atoms with E-state index in [0.29, 0.717) is 6.54 Å². The molecule has 5 rings (SSSR count). The van der Waals surface area contributed by atoms with Crippen LogP contribution in [0, 0.1) is 0 Å². The van der Waals surface area contributed by atoms with Gasteiger partial charge in [-0.2, -0.15) is 0 Å². The molecule has 162 valence electrons. The van der Waals surface area contributed by atoms with Gasteiger partial charge in [-0.15, -0.1) is 0 Å². The Balaban J connectivity index is 1.39. The molecule has 31 heavy (non-hydrogen) atoms. The van der Waals surface area contributed by atoms with Gasteiger partial charge in [-0.05, 0) is 25.2 Å². The van der Waals surface area contributed by atoms with E-state index >= 15 is 0 Å². The lowest BCUT2D eigenvalue weighted by molar-refractivity contribution is 0.0372. The van der Waals surface area contributed by atoms with Crippen LogP contribution in [0.1, 0.15) is 0 Å². The zero-order valence-corrected chi connectivity index (χ0v) is 17.8.